The van der Waals surface area contributed by atoms with Gasteiger partial charge in [0.1, 0.15) is 0 Å². The van der Waals surface area contributed by atoms with E-state index < -0.39 is 9.04 Å². The van der Waals surface area contributed by atoms with Crippen LogP contribution in [-0.4, -0.2) is 14.1 Å². The Morgan fingerprint density at radius 1 is 1.33 bits per heavy atom. The van der Waals surface area contributed by atoms with Gasteiger partial charge in [-0.3, -0.25) is 0 Å². The minimum Gasteiger partial charge on any atom is -0.413 e. The summed E-state index contributed by atoms with van der Waals surface area (Å²) in [5.41, 5.74) is 2.07. The van der Waals surface area contributed by atoms with Crippen LogP contribution in [0.1, 0.15) is 38.0 Å². The quantitative estimate of drug-likeness (QED) is 0.844. The summed E-state index contributed by atoms with van der Waals surface area (Å²) in [6, 6.07) is 6.04. The summed E-state index contributed by atoms with van der Waals surface area (Å²) in [6.45, 7) is 10.9. The van der Waals surface area contributed by atoms with Gasteiger partial charge in [-0.1, -0.05) is 42.8 Å². The minimum atomic E-state index is -1.14. The summed E-state index contributed by atoms with van der Waals surface area (Å²) in [5, 5.41) is 9.53. The Labute approximate surface area is 120 Å². The van der Waals surface area contributed by atoms with Gasteiger partial charge in [0.05, 0.1) is 12.7 Å². The molecule has 18 heavy (non-hydrogen) atoms. The molecule has 4 heteroatoms. The average molecular weight is 331 g/mol. The Morgan fingerprint density at radius 2 is 1.94 bits per heavy atom. The first-order valence-electron chi connectivity index (χ1n) is 6.30. The molecule has 1 rings (SSSR count). The number of rotatable bonds is 4. The molecule has 0 saturated heterocycles. The van der Waals surface area contributed by atoms with Crippen LogP contribution in [0.2, 0.25) is 13.1 Å². The van der Waals surface area contributed by atoms with Crippen molar-refractivity contribution in [3.05, 3.63) is 33.8 Å². The van der Waals surface area contributed by atoms with Crippen molar-refractivity contribution in [2.75, 3.05) is 0 Å². The van der Waals surface area contributed by atoms with Gasteiger partial charge in [0, 0.05) is 4.47 Å². The molecular formula is C14H23BrO2Si. The Bertz CT molecular complexity index is 399. The van der Waals surface area contributed by atoms with Gasteiger partial charge >= 0.3 is 0 Å². The Hall–Kier alpha value is -0.163. The number of hydrogen-bond donors (Lipinski definition) is 1. The van der Waals surface area contributed by atoms with E-state index in [4.69, 9.17) is 4.43 Å². The van der Waals surface area contributed by atoms with Crippen LogP contribution in [0, 0.1) is 5.41 Å². The maximum Gasteiger partial charge on any atom is 0.171 e. The molecule has 0 bridgehead atoms. The first-order valence-corrected chi connectivity index (χ1v) is 9.87. The summed E-state index contributed by atoms with van der Waals surface area (Å²) >= 11 is 3.44. The Balaban J connectivity index is 3.20. The molecule has 1 atom stereocenters. The second kappa shape index (κ2) is 6.33. The number of benzene rings is 1. The van der Waals surface area contributed by atoms with Crippen molar-refractivity contribution in [3.63, 3.8) is 0 Å². The zero-order valence-electron chi connectivity index (χ0n) is 11.8. The molecule has 0 fully saturated rings. The van der Waals surface area contributed by atoms with E-state index in [0.29, 0.717) is 0 Å². The molecule has 0 radical (unpaired) electrons. The van der Waals surface area contributed by atoms with Crippen LogP contribution in [0.15, 0.2) is 22.7 Å². The van der Waals surface area contributed by atoms with Crippen LogP contribution < -0.4 is 0 Å². The lowest BCUT2D eigenvalue weighted by Crippen LogP contribution is -2.26. The Morgan fingerprint density at radius 3 is 2.39 bits per heavy atom. The van der Waals surface area contributed by atoms with E-state index in [0.717, 1.165) is 15.6 Å². The molecule has 0 spiro atoms. The first-order chi connectivity index (χ1) is 8.25. The van der Waals surface area contributed by atoms with Crippen LogP contribution in [0.25, 0.3) is 0 Å². The molecule has 0 heterocycles. The smallest absolute Gasteiger partial charge is 0.171 e. The number of aliphatic hydroxyl groups excluding tert-OH is 1. The highest BCUT2D eigenvalue weighted by Crippen LogP contribution is 2.38. The molecule has 0 saturated carbocycles. The van der Waals surface area contributed by atoms with E-state index in [9.17, 15) is 5.11 Å². The van der Waals surface area contributed by atoms with Crippen LogP contribution >= 0.6 is 15.9 Å². The van der Waals surface area contributed by atoms with E-state index >= 15 is 0 Å². The third kappa shape index (κ3) is 4.19. The lowest BCUT2D eigenvalue weighted by atomic mass is 9.83. The van der Waals surface area contributed by atoms with Gasteiger partial charge in [0.15, 0.2) is 9.04 Å². The third-order valence-electron chi connectivity index (χ3n) is 2.75. The zero-order valence-corrected chi connectivity index (χ0v) is 14.6. The summed E-state index contributed by atoms with van der Waals surface area (Å²) in [6.07, 6.45) is 0.0411. The molecule has 2 nitrogen and oxygen atoms in total. The van der Waals surface area contributed by atoms with Gasteiger partial charge in [-0.25, -0.2) is 0 Å². The maximum absolute atomic E-state index is 9.53. The van der Waals surface area contributed by atoms with Crippen molar-refractivity contribution >= 4 is 25.0 Å². The molecule has 1 N–H and O–H groups in total. The van der Waals surface area contributed by atoms with Crippen molar-refractivity contribution in [2.24, 2.45) is 5.41 Å². The van der Waals surface area contributed by atoms with Crippen LogP contribution in [0.5, 0.6) is 0 Å². The van der Waals surface area contributed by atoms with Crippen LogP contribution in [0.3, 0.4) is 0 Å². The highest BCUT2D eigenvalue weighted by Gasteiger charge is 2.29. The van der Waals surface area contributed by atoms with E-state index in [1.165, 1.54) is 0 Å². The van der Waals surface area contributed by atoms with E-state index in [1.807, 2.05) is 12.1 Å². The van der Waals surface area contributed by atoms with Gasteiger partial charge in [-0.15, -0.1) is 0 Å². The standard InChI is InChI=1S/C14H23BrO2Si/c1-14(2,3)13(17-18(4)5)12-7-6-11(15)8-10(12)9-16/h6-8,13,16,18H,9H2,1-5H3. The fourth-order valence-corrected chi connectivity index (χ4v) is 3.49. The van der Waals surface area contributed by atoms with E-state index in [2.05, 4.69) is 55.9 Å². The fourth-order valence-electron chi connectivity index (χ4n) is 1.98. The zero-order chi connectivity index (χ0) is 13.9. The van der Waals surface area contributed by atoms with Gasteiger partial charge in [-0.2, -0.15) is 0 Å². The summed E-state index contributed by atoms with van der Waals surface area (Å²) in [4.78, 5) is 0. The lowest BCUT2D eigenvalue weighted by molar-refractivity contribution is 0.0844. The largest absolute Gasteiger partial charge is 0.413 e. The second-order valence-corrected chi connectivity index (χ2v) is 9.22. The van der Waals surface area contributed by atoms with Crippen molar-refractivity contribution in [3.8, 4) is 0 Å². The van der Waals surface area contributed by atoms with Gasteiger partial charge < -0.3 is 9.53 Å². The molecular weight excluding hydrogens is 308 g/mol. The number of aliphatic hydroxyl groups is 1. The normalized spacial score (nSPS) is 14.0. The monoisotopic (exact) mass is 330 g/mol. The summed E-state index contributed by atoms with van der Waals surface area (Å²) < 4.78 is 7.19. The van der Waals surface area contributed by atoms with Gasteiger partial charge in [-0.05, 0) is 41.8 Å². The molecule has 0 aliphatic carbocycles. The predicted molar refractivity (Wildman–Crippen MR) is 82.2 cm³/mol. The van der Waals surface area contributed by atoms with Crippen molar-refractivity contribution < 1.29 is 9.53 Å². The van der Waals surface area contributed by atoms with Crippen molar-refractivity contribution in [1.82, 2.24) is 0 Å². The molecule has 0 aliphatic rings. The molecule has 1 aromatic carbocycles. The average Bonchev–Trinajstić information content (AvgIpc) is 2.24. The highest BCUT2D eigenvalue weighted by atomic mass is 79.9. The topological polar surface area (TPSA) is 29.5 Å². The van der Waals surface area contributed by atoms with Crippen LogP contribution in [0.4, 0.5) is 0 Å². The summed E-state index contributed by atoms with van der Waals surface area (Å²) in [5.74, 6) is 0. The van der Waals surface area contributed by atoms with Crippen molar-refractivity contribution in [2.45, 2.75) is 46.6 Å². The number of halogens is 1. The Kier molecular flexibility index (Phi) is 5.59. The SMILES string of the molecule is C[SiH](C)OC(c1ccc(Br)cc1CO)C(C)(C)C. The van der Waals surface area contributed by atoms with Gasteiger partial charge in [0.2, 0.25) is 0 Å². The van der Waals surface area contributed by atoms with Crippen LogP contribution in [-0.2, 0) is 11.0 Å². The molecule has 0 aromatic heterocycles. The minimum absolute atomic E-state index is 0.0228. The molecule has 0 amide bonds. The summed E-state index contributed by atoms with van der Waals surface area (Å²) in [7, 11) is -1.14. The second-order valence-electron chi connectivity index (χ2n) is 5.93. The van der Waals surface area contributed by atoms with Gasteiger partial charge in [0.25, 0.3) is 0 Å². The lowest BCUT2D eigenvalue weighted by Gasteiger charge is -2.34. The highest BCUT2D eigenvalue weighted by molar-refractivity contribution is 9.10. The van der Waals surface area contributed by atoms with E-state index in [-0.39, 0.29) is 18.1 Å². The molecule has 102 valence electrons. The molecule has 1 aromatic rings. The predicted octanol–water partition coefficient (Wildman–Crippen LogP) is 4.03. The third-order valence-corrected chi connectivity index (χ3v) is 4.06. The number of hydrogen-bond acceptors (Lipinski definition) is 2. The molecule has 1 unspecified atom stereocenters. The van der Waals surface area contributed by atoms with E-state index in [1.54, 1.807) is 0 Å². The maximum atomic E-state index is 9.53. The fraction of sp³-hybridized carbons (Fsp3) is 0.571. The van der Waals surface area contributed by atoms with Crippen molar-refractivity contribution in [1.29, 1.82) is 0 Å². The first kappa shape index (κ1) is 15.9. The molecule has 0 aliphatic heterocycles.